The molecule has 1 aliphatic rings. The van der Waals surface area contributed by atoms with E-state index in [1.807, 2.05) is 19.1 Å². The molecule has 7 heteroatoms. The Morgan fingerprint density at radius 1 is 1.28 bits per heavy atom. The van der Waals surface area contributed by atoms with E-state index in [1.165, 1.54) is 0 Å². The minimum Gasteiger partial charge on any atom is -0.481 e. The molecular formula is C18H19ClN2O4. The van der Waals surface area contributed by atoms with Crippen molar-refractivity contribution >= 4 is 23.5 Å². The summed E-state index contributed by atoms with van der Waals surface area (Å²) < 4.78 is 5.73. The number of aromatic nitrogens is 1. The number of benzene rings is 1. The highest BCUT2D eigenvalue weighted by atomic mass is 35.5. The van der Waals surface area contributed by atoms with E-state index in [2.05, 4.69) is 10.3 Å². The smallest absolute Gasteiger partial charge is 0.307 e. The molecule has 1 aliphatic carbocycles. The maximum absolute atomic E-state index is 12.2. The van der Waals surface area contributed by atoms with Crippen LogP contribution in [0.5, 0.6) is 0 Å². The average Bonchev–Trinajstić information content (AvgIpc) is 2.93. The molecule has 1 fully saturated rings. The van der Waals surface area contributed by atoms with Gasteiger partial charge in [0.15, 0.2) is 5.76 Å². The summed E-state index contributed by atoms with van der Waals surface area (Å²) in [5, 5.41) is 12.5. The predicted octanol–water partition coefficient (Wildman–Crippen LogP) is 3.28. The number of nitrogens with zero attached hydrogens (tertiary/aromatic N) is 1. The molecule has 0 unspecified atom stereocenters. The van der Waals surface area contributed by atoms with Crippen molar-refractivity contribution in [1.29, 1.82) is 0 Å². The maximum atomic E-state index is 12.2. The molecule has 0 bridgehead atoms. The fourth-order valence-corrected chi connectivity index (χ4v) is 3.38. The number of amides is 1. The van der Waals surface area contributed by atoms with Gasteiger partial charge in [-0.2, -0.15) is 0 Å². The Morgan fingerprint density at radius 2 is 1.92 bits per heavy atom. The molecule has 25 heavy (non-hydrogen) atoms. The first-order valence-corrected chi connectivity index (χ1v) is 8.32. The third-order valence-corrected chi connectivity index (χ3v) is 4.99. The van der Waals surface area contributed by atoms with E-state index in [0.717, 1.165) is 5.56 Å². The quantitative estimate of drug-likeness (QED) is 0.851. The molecular weight excluding hydrogens is 344 g/mol. The molecule has 0 radical (unpaired) electrons. The van der Waals surface area contributed by atoms with Crippen molar-refractivity contribution in [3.05, 3.63) is 40.9 Å². The number of aryl methyl sites for hydroxylation is 1. The lowest BCUT2D eigenvalue weighted by molar-refractivity contribution is -0.140. The van der Waals surface area contributed by atoms with Gasteiger partial charge < -0.3 is 14.8 Å². The molecule has 132 valence electrons. The largest absolute Gasteiger partial charge is 0.481 e. The number of rotatable bonds is 5. The number of halogens is 1. The Hall–Kier alpha value is -2.34. The molecule has 1 aromatic heterocycles. The summed E-state index contributed by atoms with van der Waals surface area (Å²) >= 11 is 5.89. The van der Waals surface area contributed by atoms with Gasteiger partial charge in [0.05, 0.1) is 24.1 Å². The number of carboxylic acid groups (broad SMARTS) is 1. The number of carbonyl (C=O) groups excluding carboxylic acids is 1. The first kappa shape index (κ1) is 17.5. The summed E-state index contributed by atoms with van der Waals surface area (Å²) in [4.78, 5) is 27.7. The highest BCUT2D eigenvalue weighted by molar-refractivity contribution is 6.30. The van der Waals surface area contributed by atoms with E-state index in [9.17, 15) is 9.59 Å². The molecule has 1 heterocycles. The third-order valence-electron chi connectivity index (χ3n) is 4.74. The van der Waals surface area contributed by atoms with Crippen molar-refractivity contribution in [2.24, 2.45) is 17.3 Å². The molecule has 0 saturated heterocycles. The number of hydrogen-bond donors (Lipinski definition) is 2. The summed E-state index contributed by atoms with van der Waals surface area (Å²) in [5.74, 6) is -1.42. The van der Waals surface area contributed by atoms with Gasteiger partial charge in [-0.1, -0.05) is 25.4 Å². The van der Waals surface area contributed by atoms with Crippen molar-refractivity contribution in [3.63, 3.8) is 0 Å². The number of carbonyl (C=O) groups is 2. The Morgan fingerprint density at radius 3 is 2.48 bits per heavy atom. The number of nitrogens with one attached hydrogen (secondary N) is 1. The normalized spacial score (nSPS) is 21.0. The Kier molecular flexibility index (Phi) is 4.33. The van der Waals surface area contributed by atoms with Crippen LogP contribution in [0.4, 0.5) is 0 Å². The standard InChI is InChI=1S/C18H19ClN2O4/c1-9-15(10-4-6-11(19)7-5-10)25-12(21-9)8-20-16(22)13-14(17(23)24)18(13,2)3/h4-7,13-14H,8H2,1-3H3,(H,20,22)(H,23,24)/t13-,14+/m0/s1. The molecule has 1 saturated carbocycles. The molecule has 2 atom stereocenters. The summed E-state index contributed by atoms with van der Waals surface area (Å²) in [7, 11) is 0. The van der Waals surface area contributed by atoms with Gasteiger partial charge >= 0.3 is 5.97 Å². The number of carboxylic acids is 1. The van der Waals surface area contributed by atoms with Gasteiger partial charge in [-0.25, -0.2) is 4.98 Å². The van der Waals surface area contributed by atoms with Crippen LogP contribution >= 0.6 is 11.6 Å². The topological polar surface area (TPSA) is 92.4 Å². The first-order valence-electron chi connectivity index (χ1n) is 7.94. The SMILES string of the molecule is Cc1nc(CNC(=O)[C@@H]2[C@H](C(=O)O)C2(C)C)oc1-c1ccc(Cl)cc1. The summed E-state index contributed by atoms with van der Waals surface area (Å²) in [6.07, 6.45) is 0. The lowest BCUT2D eigenvalue weighted by Crippen LogP contribution is -2.27. The average molecular weight is 363 g/mol. The maximum Gasteiger partial charge on any atom is 0.307 e. The minimum absolute atomic E-state index is 0.117. The van der Waals surface area contributed by atoms with Gasteiger partial charge in [-0.05, 0) is 36.6 Å². The van der Waals surface area contributed by atoms with Crippen LogP contribution in [-0.4, -0.2) is 22.0 Å². The van der Waals surface area contributed by atoms with E-state index in [1.54, 1.807) is 26.0 Å². The fraction of sp³-hybridized carbons (Fsp3) is 0.389. The highest BCUT2D eigenvalue weighted by Gasteiger charge is 2.65. The Labute approximate surface area is 150 Å². The zero-order valence-electron chi connectivity index (χ0n) is 14.2. The second kappa shape index (κ2) is 6.19. The van der Waals surface area contributed by atoms with Crippen molar-refractivity contribution in [2.45, 2.75) is 27.3 Å². The van der Waals surface area contributed by atoms with Crippen LogP contribution in [0.15, 0.2) is 28.7 Å². The van der Waals surface area contributed by atoms with Crippen LogP contribution in [0.1, 0.15) is 25.4 Å². The first-order chi connectivity index (χ1) is 11.7. The van der Waals surface area contributed by atoms with Crippen LogP contribution in [0, 0.1) is 24.2 Å². The minimum atomic E-state index is -0.942. The van der Waals surface area contributed by atoms with Gasteiger partial charge in [-0.15, -0.1) is 0 Å². The molecule has 1 amide bonds. The van der Waals surface area contributed by atoms with Crippen molar-refractivity contribution in [2.75, 3.05) is 0 Å². The molecule has 3 rings (SSSR count). The highest BCUT2D eigenvalue weighted by Crippen LogP contribution is 2.58. The van der Waals surface area contributed by atoms with Crippen molar-refractivity contribution < 1.29 is 19.1 Å². The summed E-state index contributed by atoms with van der Waals surface area (Å²) in [6.45, 7) is 5.50. The van der Waals surface area contributed by atoms with Crippen LogP contribution in [0.2, 0.25) is 5.02 Å². The molecule has 0 spiro atoms. The van der Waals surface area contributed by atoms with Gasteiger partial charge in [0.25, 0.3) is 0 Å². The van der Waals surface area contributed by atoms with E-state index < -0.39 is 23.2 Å². The molecule has 6 nitrogen and oxygen atoms in total. The van der Waals surface area contributed by atoms with E-state index >= 15 is 0 Å². The van der Waals surface area contributed by atoms with E-state index in [-0.39, 0.29) is 12.5 Å². The number of aliphatic carboxylic acids is 1. The van der Waals surface area contributed by atoms with Gasteiger partial charge in [0.2, 0.25) is 11.8 Å². The van der Waals surface area contributed by atoms with E-state index in [0.29, 0.717) is 22.4 Å². The lowest BCUT2D eigenvalue weighted by atomic mass is 10.1. The van der Waals surface area contributed by atoms with Crippen LogP contribution < -0.4 is 5.32 Å². The Balaban J connectivity index is 1.67. The molecule has 1 aromatic carbocycles. The fourth-order valence-electron chi connectivity index (χ4n) is 3.26. The second-order valence-corrected chi connectivity index (χ2v) is 7.30. The van der Waals surface area contributed by atoms with Gasteiger partial charge in [0.1, 0.15) is 0 Å². The monoisotopic (exact) mass is 362 g/mol. The third kappa shape index (κ3) is 3.26. The molecule has 0 aliphatic heterocycles. The van der Waals surface area contributed by atoms with Crippen molar-refractivity contribution in [1.82, 2.24) is 10.3 Å². The predicted molar refractivity (Wildman–Crippen MR) is 91.9 cm³/mol. The van der Waals surface area contributed by atoms with Crippen LogP contribution in [0.3, 0.4) is 0 Å². The lowest BCUT2D eigenvalue weighted by Gasteiger charge is -2.03. The number of hydrogen-bond acceptors (Lipinski definition) is 4. The Bertz CT molecular complexity index is 826. The number of oxazole rings is 1. The van der Waals surface area contributed by atoms with Crippen LogP contribution in [-0.2, 0) is 16.1 Å². The zero-order chi connectivity index (χ0) is 18.4. The summed E-state index contributed by atoms with van der Waals surface area (Å²) in [5.41, 5.74) is 1.03. The molecule has 2 aromatic rings. The van der Waals surface area contributed by atoms with E-state index in [4.69, 9.17) is 21.1 Å². The van der Waals surface area contributed by atoms with Crippen LogP contribution in [0.25, 0.3) is 11.3 Å². The molecule has 2 N–H and O–H groups in total. The van der Waals surface area contributed by atoms with Gasteiger partial charge in [-0.3, -0.25) is 9.59 Å². The second-order valence-electron chi connectivity index (χ2n) is 6.86. The summed E-state index contributed by atoms with van der Waals surface area (Å²) in [6, 6.07) is 7.20. The zero-order valence-corrected chi connectivity index (χ0v) is 14.9. The van der Waals surface area contributed by atoms with Gasteiger partial charge in [0, 0.05) is 10.6 Å². The van der Waals surface area contributed by atoms with Crippen molar-refractivity contribution in [3.8, 4) is 11.3 Å².